The number of hydrogen-bond donors (Lipinski definition) is 2. The van der Waals surface area contributed by atoms with Crippen LogP contribution >= 0.6 is 11.8 Å². The topological polar surface area (TPSA) is 57.8 Å². The summed E-state index contributed by atoms with van der Waals surface area (Å²) in [6.45, 7) is 0. The molecule has 2 heterocycles. The van der Waals surface area contributed by atoms with Gasteiger partial charge in [0.25, 0.3) is 5.91 Å². The van der Waals surface area contributed by atoms with Crippen LogP contribution in [0.5, 0.6) is 0 Å². The van der Waals surface area contributed by atoms with E-state index in [1.807, 2.05) is 54.2 Å². The number of benzene rings is 2. The van der Waals surface area contributed by atoms with E-state index in [1.165, 1.54) is 10.5 Å². The standard InChI is InChI=1S/C19H17N3OS/c23-19(17-12-16(21-22-17)13-6-2-1-3-7-13)20-15-10-11-24-18-9-5-4-8-14(15)18/h1-9,12,15H,10-11H2,(H,20,23)(H,21,22). The van der Waals surface area contributed by atoms with Crippen molar-refractivity contribution in [1.29, 1.82) is 0 Å². The van der Waals surface area contributed by atoms with Gasteiger partial charge in [0.2, 0.25) is 0 Å². The van der Waals surface area contributed by atoms with Crippen molar-refractivity contribution in [3.8, 4) is 11.3 Å². The van der Waals surface area contributed by atoms with Crippen molar-refractivity contribution in [2.24, 2.45) is 0 Å². The Balaban J connectivity index is 1.53. The Morgan fingerprint density at radius 3 is 2.79 bits per heavy atom. The Labute approximate surface area is 144 Å². The van der Waals surface area contributed by atoms with Gasteiger partial charge in [-0.25, -0.2) is 0 Å². The van der Waals surface area contributed by atoms with E-state index in [9.17, 15) is 4.79 Å². The van der Waals surface area contributed by atoms with Gasteiger partial charge in [0, 0.05) is 16.2 Å². The number of thioether (sulfide) groups is 1. The van der Waals surface area contributed by atoms with Crippen molar-refractivity contribution in [3.05, 3.63) is 71.9 Å². The molecule has 4 nitrogen and oxygen atoms in total. The zero-order chi connectivity index (χ0) is 16.4. The fraction of sp³-hybridized carbons (Fsp3) is 0.158. The van der Waals surface area contributed by atoms with E-state index in [-0.39, 0.29) is 11.9 Å². The predicted octanol–water partition coefficient (Wildman–Crippen LogP) is 4.04. The maximum absolute atomic E-state index is 12.6. The molecule has 4 rings (SSSR count). The molecule has 1 aliphatic rings. The van der Waals surface area contributed by atoms with Gasteiger partial charge in [-0.05, 0) is 24.1 Å². The second-order valence-corrected chi connectivity index (χ2v) is 6.87. The first kappa shape index (κ1) is 15.0. The molecule has 5 heteroatoms. The molecule has 0 radical (unpaired) electrons. The van der Waals surface area contributed by atoms with Gasteiger partial charge in [0.15, 0.2) is 0 Å². The number of carbonyl (C=O) groups excluding carboxylic acids is 1. The fourth-order valence-electron chi connectivity index (χ4n) is 2.92. The molecule has 0 saturated heterocycles. The summed E-state index contributed by atoms with van der Waals surface area (Å²) < 4.78 is 0. The van der Waals surface area contributed by atoms with Gasteiger partial charge in [-0.15, -0.1) is 11.8 Å². The molecule has 24 heavy (non-hydrogen) atoms. The molecule has 0 saturated carbocycles. The van der Waals surface area contributed by atoms with Gasteiger partial charge in [-0.3, -0.25) is 9.89 Å². The summed E-state index contributed by atoms with van der Waals surface area (Å²) in [4.78, 5) is 13.8. The smallest absolute Gasteiger partial charge is 0.269 e. The van der Waals surface area contributed by atoms with Crippen molar-refractivity contribution < 1.29 is 4.79 Å². The summed E-state index contributed by atoms with van der Waals surface area (Å²) in [6, 6.07) is 20.0. The van der Waals surface area contributed by atoms with Crippen molar-refractivity contribution >= 4 is 17.7 Å². The molecular formula is C19H17N3OS. The van der Waals surface area contributed by atoms with Crippen LogP contribution in [0.25, 0.3) is 11.3 Å². The number of nitrogens with zero attached hydrogens (tertiary/aromatic N) is 1. The number of aromatic amines is 1. The SMILES string of the molecule is O=C(NC1CCSc2ccccc21)c1cc(-c2ccccc2)n[nH]1. The van der Waals surface area contributed by atoms with E-state index < -0.39 is 0 Å². The average Bonchev–Trinajstić information content (AvgIpc) is 3.13. The Hall–Kier alpha value is -2.53. The maximum Gasteiger partial charge on any atom is 0.269 e. The Morgan fingerprint density at radius 2 is 1.92 bits per heavy atom. The minimum Gasteiger partial charge on any atom is -0.344 e. The highest BCUT2D eigenvalue weighted by Gasteiger charge is 2.23. The Bertz CT molecular complexity index is 860. The minimum absolute atomic E-state index is 0.0541. The summed E-state index contributed by atoms with van der Waals surface area (Å²) in [5, 5.41) is 10.2. The van der Waals surface area contributed by atoms with E-state index in [0.717, 1.165) is 23.4 Å². The quantitative estimate of drug-likeness (QED) is 0.759. The third-order valence-corrected chi connectivity index (χ3v) is 5.28. The van der Waals surface area contributed by atoms with Crippen molar-refractivity contribution in [2.75, 3.05) is 5.75 Å². The van der Waals surface area contributed by atoms with Gasteiger partial charge < -0.3 is 5.32 Å². The number of hydrogen-bond acceptors (Lipinski definition) is 3. The number of nitrogens with one attached hydrogen (secondary N) is 2. The maximum atomic E-state index is 12.6. The number of H-pyrrole nitrogens is 1. The number of amides is 1. The lowest BCUT2D eigenvalue weighted by molar-refractivity contribution is 0.0930. The molecule has 1 unspecified atom stereocenters. The van der Waals surface area contributed by atoms with Crippen LogP contribution in [0.2, 0.25) is 0 Å². The van der Waals surface area contributed by atoms with E-state index in [1.54, 1.807) is 6.07 Å². The molecule has 120 valence electrons. The lowest BCUT2D eigenvalue weighted by Crippen LogP contribution is -2.30. The molecule has 2 aromatic carbocycles. The second kappa shape index (κ2) is 6.53. The molecule has 1 atom stereocenters. The number of rotatable bonds is 3. The summed E-state index contributed by atoms with van der Waals surface area (Å²) >= 11 is 1.85. The monoisotopic (exact) mass is 335 g/mol. The molecule has 3 aromatic rings. The molecule has 0 fully saturated rings. The van der Waals surface area contributed by atoms with Crippen LogP contribution in [0, 0.1) is 0 Å². The van der Waals surface area contributed by atoms with Gasteiger partial charge in [0.05, 0.1) is 11.7 Å². The highest BCUT2D eigenvalue weighted by atomic mass is 32.2. The van der Waals surface area contributed by atoms with Gasteiger partial charge in [0.1, 0.15) is 5.69 Å². The van der Waals surface area contributed by atoms with E-state index in [2.05, 4.69) is 27.6 Å². The van der Waals surface area contributed by atoms with Crippen LogP contribution in [0.3, 0.4) is 0 Å². The third-order valence-electron chi connectivity index (χ3n) is 4.16. The predicted molar refractivity (Wildman–Crippen MR) is 96.0 cm³/mol. The van der Waals surface area contributed by atoms with Crippen LogP contribution in [0.1, 0.15) is 28.5 Å². The van der Waals surface area contributed by atoms with Crippen LogP contribution in [0.4, 0.5) is 0 Å². The number of aromatic nitrogens is 2. The summed E-state index contributed by atoms with van der Waals surface area (Å²) in [6.07, 6.45) is 0.938. The second-order valence-electron chi connectivity index (χ2n) is 5.73. The molecule has 0 spiro atoms. The Morgan fingerprint density at radius 1 is 1.12 bits per heavy atom. The molecule has 2 N–H and O–H groups in total. The van der Waals surface area contributed by atoms with Crippen LogP contribution < -0.4 is 5.32 Å². The first-order valence-corrected chi connectivity index (χ1v) is 8.93. The lowest BCUT2D eigenvalue weighted by atomic mass is 10.0. The van der Waals surface area contributed by atoms with Crippen LogP contribution in [-0.4, -0.2) is 21.9 Å². The van der Waals surface area contributed by atoms with Gasteiger partial charge in [-0.2, -0.15) is 5.10 Å². The van der Waals surface area contributed by atoms with Gasteiger partial charge in [-0.1, -0.05) is 48.5 Å². The first-order valence-electron chi connectivity index (χ1n) is 7.95. The van der Waals surface area contributed by atoms with E-state index in [0.29, 0.717) is 5.69 Å². The lowest BCUT2D eigenvalue weighted by Gasteiger charge is -2.25. The highest BCUT2D eigenvalue weighted by molar-refractivity contribution is 7.99. The Kier molecular flexibility index (Phi) is 4.09. The third kappa shape index (κ3) is 2.95. The van der Waals surface area contributed by atoms with Crippen LogP contribution in [0.15, 0.2) is 65.6 Å². The summed E-state index contributed by atoms with van der Waals surface area (Å²) in [5.41, 5.74) is 3.46. The fourth-order valence-corrected chi connectivity index (χ4v) is 4.05. The molecule has 0 aliphatic carbocycles. The van der Waals surface area contributed by atoms with Gasteiger partial charge >= 0.3 is 0 Å². The highest BCUT2D eigenvalue weighted by Crippen LogP contribution is 2.35. The minimum atomic E-state index is -0.114. The summed E-state index contributed by atoms with van der Waals surface area (Å²) in [7, 11) is 0. The zero-order valence-corrected chi connectivity index (χ0v) is 13.8. The average molecular weight is 335 g/mol. The largest absolute Gasteiger partial charge is 0.344 e. The molecule has 1 aliphatic heterocycles. The van der Waals surface area contributed by atoms with Crippen molar-refractivity contribution in [1.82, 2.24) is 15.5 Å². The first-order chi connectivity index (χ1) is 11.8. The number of fused-ring (bicyclic) bond motifs is 1. The normalized spacial score (nSPS) is 16.4. The van der Waals surface area contributed by atoms with Crippen LogP contribution in [-0.2, 0) is 0 Å². The molecule has 0 bridgehead atoms. The van der Waals surface area contributed by atoms with E-state index >= 15 is 0 Å². The van der Waals surface area contributed by atoms with Crippen molar-refractivity contribution in [3.63, 3.8) is 0 Å². The molecule has 1 aromatic heterocycles. The molecule has 1 amide bonds. The molecular weight excluding hydrogens is 318 g/mol. The summed E-state index contributed by atoms with van der Waals surface area (Å²) in [5.74, 6) is 0.900. The number of carbonyl (C=O) groups is 1. The van der Waals surface area contributed by atoms with E-state index in [4.69, 9.17) is 0 Å². The zero-order valence-electron chi connectivity index (χ0n) is 13.0. The van der Waals surface area contributed by atoms with Crippen molar-refractivity contribution in [2.45, 2.75) is 17.4 Å².